The van der Waals surface area contributed by atoms with Crippen LogP contribution in [0.4, 0.5) is 0 Å². The smallest absolute Gasteiger partial charge is 0.244 e. The van der Waals surface area contributed by atoms with Gasteiger partial charge in [0.1, 0.15) is 0 Å². The van der Waals surface area contributed by atoms with E-state index >= 15 is 0 Å². The van der Waals surface area contributed by atoms with Crippen molar-refractivity contribution in [3.8, 4) is 11.5 Å². The summed E-state index contributed by atoms with van der Waals surface area (Å²) in [5.74, 6) is 2.10. The summed E-state index contributed by atoms with van der Waals surface area (Å²) >= 11 is 0. The number of hydrazone groups is 1. The lowest BCUT2D eigenvalue weighted by molar-refractivity contribution is -0.123. The normalized spacial score (nSPS) is 28.3. The fourth-order valence-corrected chi connectivity index (χ4v) is 4.13. The van der Waals surface area contributed by atoms with Crippen LogP contribution >= 0.6 is 0 Å². The molecule has 1 aromatic rings. The maximum Gasteiger partial charge on any atom is 0.244 e. The fraction of sp³-hybridized carbons (Fsp3) is 0.579. The standard InChI is InChI=1S/C19H26N2O3/c1-4-24-15-9-8-13(11-16(15)23-3)12-20-21-18(22)17-14-7-5-6-10-19(14,17)2/h8-9,11-12,14,17H,4-7,10H2,1-3H3,(H,21,22)/b20-12-/t14-,17+,19+/m1/s1. The SMILES string of the molecule is CCOc1ccc(/C=N\NC(=O)[C@@H]2[C@H]3CCCC[C@@]32C)cc1OC. The molecule has 2 fully saturated rings. The molecule has 2 aliphatic rings. The number of methoxy groups -OCH3 is 1. The number of fused-ring (bicyclic) bond motifs is 1. The van der Waals surface area contributed by atoms with Gasteiger partial charge in [-0.3, -0.25) is 4.79 Å². The molecular weight excluding hydrogens is 304 g/mol. The molecule has 3 atom stereocenters. The summed E-state index contributed by atoms with van der Waals surface area (Å²) in [6, 6.07) is 5.59. The lowest BCUT2D eigenvalue weighted by atomic mass is 9.90. The second kappa shape index (κ2) is 6.83. The zero-order chi connectivity index (χ0) is 17.2. The van der Waals surface area contributed by atoms with Gasteiger partial charge >= 0.3 is 0 Å². The Morgan fingerprint density at radius 3 is 2.92 bits per heavy atom. The molecule has 0 aromatic heterocycles. The van der Waals surface area contributed by atoms with E-state index in [9.17, 15) is 4.79 Å². The fourth-order valence-electron chi connectivity index (χ4n) is 4.13. The van der Waals surface area contributed by atoms with Gasteiger partial charge in [0, 0.05) is 5.92 Å². The van der Waals surface area contributed by atoms with E-state index in [4.69, 9.17) is 9.47 Å². The first-order valence-corrected chi connectivity index (χ1v) is 8.74. The van der Waals surface area contributed by atoms with Crippen LogP contribution in [0, 0.1) is 17.3 Å². The van der Waals surface area contributed by atoms with E-state index in [0.717, 1.165) is 12.0 Å². The van der Waals surface area contributed by atoms with Gasteiger partial charge in [-0.15, -0.1) is 0 Å². The Morgan fingerprint density at radius 2 is 2.25 bits per heavy atom. The molecule has 2 saturated carbocycles. The van der Waals surface area contributed by atoms with Crippen molar-refractivity contribution < 1.29 is 14.3 Å². The summed E-state index contributed by atoms with van der Waals surface area (Å²) in [4.78, 5) is 12.4. The van der Waals surface area contributed by atoms with Crippen molar-refractivity contribution >= 4 is 12.1 Å². The van der Waals surface area contributed by atoms with E-state index < -0.39 is 0 Å². The zero-order valence-electron chi connectivity index (χ0n) is 14.7. The van der Waals surface area contributed by atoms with Gasteiger partial charge in [0.25, 0.3) is 0 Å². The number of hydrogen-bond donors (Lipinski definition) is 1. The first-order valence-electron chi connectivity index (χ1n) is 8.74. The molecule has 0 saturated heterocycles. The molecule has 1 amide bonds. The van der Waals surface area contributed by atoms with Crippen molar-refractivity contribution in [2.75, 3.05) is 13.7 Å². The van der Waals surface area contributed by atoms with Crippen molar-refractivity contribution in [2.24, 2.45) is 22.4 Å². The van der Waals surface area contributed by atoms with E-state index in [2.05, 4.69) is 17.5 Å². The van der Waals surface area contributed by atoms with Crippen molar-refractivity contribution in [2.45, 2.75) is 39.5 Å². The minimum atomic E-state index is 0.0542. The second-order valence-corrected chi connectivity index (χ2v) is 6.91. The van der Waals surface area contributed by atoms with Gasteiger partial charge < -0.3 is 9.47 Å². The van der Waals surface area contributed by atoms with Crippen LogP contribution in [0.5, 0.6) is 11.5 Å². The number of carbonyl (C=O) groups excluding carboxylic acids is 1. The minimum absolute atomic E-state index is 0.0542. The molecule has 3 rings (SSSR count). The first-order chi connectivity index (χ1) is 11.6. The van der Waals surface area contributed by atoms with Crippen LogP contribution < -0.4 is 14.9 Å². The lowest BCUT2D eigenvalue weighted by Gasteiger charge is -2.15. The summed E-state index contributed by atoms with van der Waals surface area (Å²) in [5, 5.41) is 4.12. The van der Waals surface area contributed by atoms with E-state index in [1.807, 2.05) is 25.1 Å². The highest BCUT2D eigenvalue weighted by molar-refractivity contribution is 5.86. The monoisotopic (exact) mass is 330 g/mol. The van der Waals surface area contributed by atoms with Gasteiger partial charge in [-0.1, -0.05) is 19.8 Å². The highest BCUT2D eigenvalue weighted by atomic mass is 16.5. The Morgan fingerprint density at radius 1 is 1.42 bits per heavy atom. The predicted octanol–water partition coefficient (Wildman–Crippen LogP) is 3.37. The minimum Gasteiger partial charge on any atom is -0.493 e. The molecule has 0 aliphatic heterocycles. The lowest BCUT2D eigenvalue weighted by Crippen LogP contribution is -2.22. The third kappa shape index (κ3) is 3.12. The molecule has 5 heteroatoms. The molecule has 24 heavy (non-hydrogen) atoms. The van der Waals surface area contributed by atoms with E-state index in [0.29, 0.717) is 24.0 Å². The second-order valence-electron chi connectivity index (χ2n) is 6.91. The van der Waals surface area contributed by atoms with Crippen molar-refractivity contribution in [3.05, 3.63) is 23.8 Å². The Labute approximate surface area is 143 Å². The number of benzene rings is 1. The summed E-state index contributed by atoms with van der Waals surface area (Å²) < 4.78 is 10.8. The van der Waals surface area contributed by atoms with E-state index in [1.54, 1.807) is 13.3 Å². The summed E-state index contributed by atoms with van der Waals surface area (Å²) in [6.07, 6.45) is 6.47. The number of amides is 1. The molecule has 0 spiro atoms. The van der Waals surface area contributed by atoms with Crippen LogP contribution in [0.25, 0.3) is 0 Å². The molecule has 0 unspecified atom stereocenters. The van der Waals surface area contributed by atoms with Crippen LogP contribution in [0.3, 0.4) is 0 Å². The van der Waals surface area contributed by atoms with Gasteiger partial charge in [-0.25, -0.2) is 5.43 Å². The molecule has 1 N–H and O–H groups in total. The third-order valence-corrected chi connectivity index (χ3v) is 5.49. The highest BCUT2D eigenvalue weighted by Crippen LogP contribution is 2.66. The summed E-state index contributed by atoms with van der Waals surface area (Å²) in [7, 11) is 1.61. The summed E-state index contributed by atoms with van der Waals surface area (Å²) in [6.45, 7) is 4.75. The largest absolute Gasteiger partial charge is 0.493 e. The third-order valence-electron chi connectivity index (χ3n) is 5.49. The van der Waals surface area contributed by atoms with Gasteiger partial charge in [-0.05, 0) is 54.9 Å². The van der Waals surface area contributed by atoms with Gasteiger partial charge in [0.05, 0.1) is 19.9 Å². The van der Waals surface area contributed by atoms with Crippen molar-refractivity contribution in [3.63, 3.8) is 0 Å². The topological polar surface area (TPSA) is 59.9 Å². The van der Waals surface area contributed by atoms with Crippen LogP contribution in [-0.2, 0) is 4.79 Å². The molecule has 0 heterocycles. The Balaban J connectivity index is 1.59. The van der Waals surface area contributed by atoms with E-state index in [1.165, 1.54) is 19.3 Å². The summed E-state index contributed by atoms with van der Waals surface area (Å²) in [5.41, 5.74) is 3.78. The highest BCUT2D eigenvalue weighted by Gasteiger charge is 2.64. The predicted molar refractivity (Wildman–Crippen MR) is 93.5 cm³/mol. The average Bonchev–Trinajstić information content (AvgIpc) is 3.21. The van der Waals surface area contributed by atoms with Crippen LogP contribution in [0.2, 0.25) is 0 Å². The van der Waals surface area contributed by atoms with Gasteiger partial charge in [0.2, 0.25) is 5.91 Å². The van der Waals surface area contributed by atoms with E-state index in [-0.39, 0.29) is 17.2 Å². The van der Waals surface area contributed by atoms with Crippen LogP contribution in [0.1, 0.15) is 45.1 Å². The van der Waals surface area contributed by atoms with Gasteiger partial charge in [0.15, 0.2) is 11.5 Å². The quantitative estimate of drug-likeness (QED) is 0.642. The Hall–Kier alpha value is -2.04. The maximum atomic E-state index is 12.4. The molecule has 2 aliphatic carbocycles. The molecule has 5 nitrogen and oxygen atoms in total. The number of nitrogens with zero attached hydrogens (tertiary/aromatic N) is 1. The number of carbonyl (C=O) groups is 1. The number of hydrogen-bond acceptors (Lipinski definition) is 4. The first kappa shape index (κ1) is 16.8. The molecule has 130 valence electrons. The van der Waals surface area contributed by atoms with Crippen molar-refractivity contribution in [1.29, 1.82) is 0 Å². The number of rotatable bonds is 6. The van der Waals surface area contributed by atoms with Crippen LogP contribution in [-0.4, -0.2) is 25.8 Å². The maximum absolute atomic E-state index is 12.4. The Kier molecular flexibility index (Phi) is 4.78. The number of nitrogens with one attached hydrogen (secondary N) is 1. The molecular formula is C19H26N2O3. The van der Waals surface area contributed by atoms with Crippen molar-refractivity contribution in [1.82, 2.24) is 5.43 Å². The average molecular weight is 330 g/mol. The molecule has 0 bridgehead atoms. The van der Waals surface area contributed by atoms with Crippen LogP contribution in [0.15, 0.2) is 23.3 Å². The Bertz CT molecular complexity index is 643. The molecule has 1 aromatic carbocycles. The number of ether oxygens (including phenoxy) is 2. The zero-order valence-corrected chi connectivity index (χ0v) is 14.7. The molecule has 0 radical (unpaired) electrons. The van der Waals surface area contributed by atoms with Gasteiger partial charge in [-0.2, -0.15) is 5.10 Å².